The van der Waals surface area contributed by atoms with E-state index in [-0.39, 0.29) is 24.6 Å². The molecule has 1 saturated heterocycles. The van der Waals surface area contributed by atoms with E-state index in [0.29, 0.717) is 19.4 Å². The first-order valence-electron chi connectivity index (χ1n) is 6.67. The smallest absolute Gasteiger partial charge is 0.317 e. The van der Waals surface area contributed by atoms with Crippen LogP contribution < -0.4 is 5.32 Å². The van der Waals surface area contributed by atoms with Gasteiger partial charge >= 0.3 is 12.0 Å². The minimum absolute atomic E-state index is 0.0453. The zero-order valence-corrected chi connectivity index (χ0v) is 12.7. The topological polar surface area (TPSA) is 104 Å². The third kappa shape index (κ3) is 4.36. The average molecular weight is 306 g/mol. The van der Waals surface area contributed by atoms with Crippen molar-refractivity contribution in [3.05, 3.63) is 0 Å². The summed E-state index contributed by atoms with van der Waals surface area (Å²) in [7, 11) is -3.11. The van der Waals surface area contributed by atoms with Crippen molar-refractivity contribution in [3.8, 4) is 0 Å². The monoisotopic (exact) mass is 306 g/mol. The largest absolute Gasteiger partial charge is 0.481 e. The van der Waals surface area contributed by atoms with Crippen LogP contribution >= 0.6 is 0 Å². The number of piperidine rings is 1. The highest BCUT2D eigenvalue weighted by atomic mass is 32.2. The Hall–Kier alpha value is -1.31. The van der Waals surface area contributed by atoms with E-state index in [0.717, 1.165) is 0 Å². The average Bonchev–Trinajstić information content (AvgIpc) is 2.38. The fourth-order valence-electron chi connectivity index (χ4n) is 2.16. The molecule has 1 aliphatic rings. The van der Waals surface area contributed by atoms with Crippen molar-refractivity contribution < 1.29 is 23.1 Å². The van der Waals surface area contributed by atoms with Gasteiger partial charge in [0, 0.05) is 25.4 Å². The number of likely N-dealkylation sites (tertiary alicyclic amines) is 1. The molecule has 8 heteroatoms. The van der Waals surface area contributed by atoms with Gasteiger partial charge in [-0.2, -0.15) is 0 Å². The van der Waals surface area contributed by atoms with E-state index >= 15 is 0 Å². The molecule has 0 bridgehead atoms. The molecular formula is C12H22N2O5S. The number of aliphatic carboxylic acids is 1. The van der Waals surface area contributed by atoms with Gasteiger partial charge in [0.1, 0.15) is 0 Å². The van der Waals surface area contributed by atoms with Gasteiger partial charge in [0.15, 0.2) is 9.84 Å². The number of carbonyl (C=O) groups is 2. The van der Waals surface area contributed by atoms with Crippen LogP contribution in [0.15, 0.2) is 0 Å². The lowest BCUT2D eigenvalue weighted by Gasteiger charge is -2.37. The Morgan fingerprint density at radius 2 is 2.05 bits per heavy atom. The number of hydrogen-bond acceptors (Lipinski definition) is 4. The van der Waals surface area contributed by atoms with Gasteiger partial charge < -0.3 is 15.3 Å². The summed E-state index contributed by atoms with van der Waals surface area (Å²) < 4.78 is 22.6. The van der Waals surface area contributed by atoms with E-state index in [4.69, 9.17) is 0 Å². The molecule has 0 aromatic carbocycles. The van der Waals surface area contributed by atoms with E-state index in [1.165, 1.54) is 4.90 Å². The van der Waals surface area contributed by atoms with Crippen molar-refractivity contribution in [1.82, 2.24) is 10.2 Å². The molecule has 1 aliphatic heterocycles. The Bertz CT molecular complexity index is 476. The maximum Gasteiger partial charge on any atom is 0.317 e. The molecule has 2 amide bonds. The lowest BCUT2D eigenvalue weighted by Crippen LogP contribution is -2.52. The van der Waals surface area contributed by atoms with Crippen LogP contribution in [0, 0.1) is 5.41 Å². The number of carboxylic acids is 1. The fourth-order valence-corrected chi connectivity index (χ4v) is 2.86. The normalized spacial score (nSPS) is 23.4. The first-order chi connectivity index (χ1) is 9.20. The van der Waals surface area contributed by atoms with Crippen molar-refractivity contribution in [2.75, 3.05) is 31.1 Å². The van der Waals surface area contributed by atoms with Crippen molar-refractivity contribution >= 4 is 21.8 Å². The zero-order valence-electron chi connectivity index (χ0n) is 11.9. The molecule has 116 valence electrons. The standard InChI is InChI=1S/C12H22N2O5S/c1-3-20(18,19)8-6-13-11(17)14-7-4-5-12(2,9-14)10(15)16/h3-9H2,1-2H3,(H,13,17)(H,15,16). The predicted octanol–water partition coefficient (Wildman–Crippen LogP) is 0.317. The van der Waals surface area contributed by atoms with Gasteiger partial charge in [-0.1, -0.05) is 6.92 Å². The second-order valence-electron chi connectivity index (χ2n) is 5.36. The molecule has 1 atom stereocenters. The Labute approximate surface area is 119 Å². The van der Waals surface area contributed by atoms with E-state index in [1.807, 2.05) is 0 Å². The van der Waals surface area contributed by atoms with E-state index in [9.17, 15) is 23.1 Å². The van der Waals surface area contributed by atoms with Crippen molar-refractivity contribution in [1.29, 1.82) is 0 Å². The second kappa shape index (κ2) is 6.43. The number of carbonyl (C=O) groups excluding carboxylic acids is 1. The lowest BCUT2D eigenvalue weighted by molar-refractivity contribution is -0.150. The number of hydrogen-bond donors (Lipinski definition) is 2. The zero-order chi connectivity index (χ0) is 15.4. The second-order valence-corrected chi connectivity index (χ2v) is 7.83. The van der Waals surface area contributed by atoms with Crippen LogP contribution in [0.5, 0.6) is 0 Å². The van der Waals surface area contributed by atoms with Crippen LogP contribution in [0.25, 0.3) is 0 Å². The summed E-state index contributed by atoms with van der Waals surface area (Å²) in [6, 6.07) is -0.400. The summed E-state index contributed by atoms with van der Waals surface area (Å²) in [6.45, 7) is 3.87. The SMILES string of the molecule is CCS(=O)(=O)CCNC(=O)N1CCCC(C)(C(=O)O)C1. The number of sulfone groups is 1. The molecule has 0 aromatic rings. The van der Waals surface area contributed by atoms with Crippen LogP contribution in [-0.4, -0.2) is 61.6 Å². The quantitative estimate of drug-likeness (QED) is 0.761. The van der Waals surface area contributed by atoms with Gasteiger partial charge in [0.25, 0.3) is 0 Å². The summed E-state index contributed by atoms with van der Waals surface area (Å²) in [5, 5.41) is 11.7. The molecule has 0 spiro atoms. The van der Waals surface area contributed by atoms with Crippen molar-refractivity contribution in [2.45, 2.75) is 26.7 Å². The maximum atomic E-state index is 11.9. The fraction of sp³-hybridized carbons (Fsp3) is 0.833. The van der Waals surface area contributed by atoms with Gasteiger partial charge in [-0.05, 0) is 19.8 Å². The summed E-state index contributed by atoms with van der Waals surface area (Å²) in [5.74, 6) is -0.966. The first-order valence-corrected chi connectivity index (χ1v) is 8.49. The summed E-state index contributed by atoms with van der Waals surface area (Å²) in [6.07, 6.45) is 1.17. The molecule has 0 saturated carbocycles. The number of nitrogens with one attached hydrogen (secondary N) is 1. The number of rotatable bonds is 5. The molecular weight excluding hydrogens is 284 g/mol. The highest BCUT2D eigenvalue weighted by Crippen LogP contribution is 2.29. The molecule has 7 nitrogen and oxygen atoms in total. The molecule has 1 heterocycles. The Balaban J connectivity index is 2.50. The minimum Gasteiger partial charge on any atom is -0.481 e. The number of urea groups is 1. The summed E-state index contributed by atoms with van der Waals surface area (Å²) in [5.41, 5.74) is -0.926. The molecule has 0 aromatic heterocycles. The van der Waals surface area contributed by atoms with E-state index in [2.05, 4.69) is 5.32 Å². The molecule has 0 aliphatic carbocycles. The van der Waals surface area contributed by atoms with E-state index < -0.39 is 27.3 Å². The van der Waals surface area contributed by atoms with Gasteiger partial charge in [-0.15, -0.1) is 0 Å². The Kier molecular flexibility index (Phi) is 5.38. The Morgan fingerprint density at radius 1 is 1.40 bits per heavy atom. The number of carboxylic acid groups (broad SMARTS) is 1. The molecule has 1 unspecified atom stereocenters. The molecule has 0 radical (unpaired) electrons. The van der Waals surface area contributed by atoms with Crippen LogP contribution in [0.4, 0.5) is 4.79 Å². The van der Waals surface area contributed by atoms with Crippen LogP contribution in [0.1, 0.15) is 26.7 Å². The number of amides is 2. The highest BCUT2D eigenvalue weighted by molar-refractivity contribution is 7.91. The van der Waals surface area contributed by atoms with E-state index in [1.54, 1.807) is 13.8 Å². The van der Waals surface area contributed by atoms with Crippen LogP contribution in [0.3, 0.4) is 0 Å². The molecule has 1 rings (SSSR count). The maximum absolute atomic E-state index is 11.9. The third-order valence-corrected chi connectivity index (χ3v) is 5.33. The summed E-state index contributed by atoms with van der Waals surface area (Å²) in [4.78, 5) is 24.5. The van der Waals surface area contributed by atoms with Gasteiger partial charge in [0.05, 0.1) is 11.2 Å². The number of nitrogens with zero attached hydrogens (tertiary/aromatic N) is 1. The van der Waals surface area contributed by atoms with Crippen LogP contribution in [-0.2, 0) is 14.6 Å². The first kappa shape index (κ1) is 16.7. The van der Waals surface area contributed by atoms with Crippen LogP contribution in [0.2, 0.25) is 0 Å². The van der Waals surface area contributed by atoms with Crippen molar-refractivity contribution in [3.63, 3.8) is 0 Å². The van der Waals surface area contributed by atoms with Gasteiger partial charge in [-0.3, -0.25) is 4.79 Å². The van der Waals surface area contributed by atoms with Crippen molar-refractivity contribution in [2.24, 2.45) is 5.41 Å². The lowest BCUT2D eigenvalue weighted by atomic mass is 9.82. The molecule has 2 N–H and O–H groups in total. The highest BCUT2D eigenvalue weighted by Gasteiger charge is 2.39. The molecule has 1 fully saturated rings. The Morgan fingerprint density at radius 3 is 2.60 bits per heavy atom. The minimum atomic E-state index is -3.11. The summed E-state index contributed by atoms with van der Waals surface area (Å²) >= 11 is 0. The van der Waals surface area contributed by atoms with Gasteiger partial charge in [-0.25, -0.2) is 13.2 Å². The predicted molar refractivity (Wildman–Crippen MR) is 74.3 cm³/mol. The molecule has 20 heavy (non-hydrogen) atoms. The third-order valence-electron chi connectivity index (χ3n) is 3.63. The van der Waals surface area contributed by atoms with Gasteiger partial charge in [0.2, 0.25) is 0 Å².